The molecule has 6 heteroatoms. The zero-order valence-corrected chi connectivity index (χ0v) is 14.1. The van der Waals surface area contributed by atoms with E-state index in [9.17, 15) is 4.79 Å². The van der Waals surface area contributed by atoms with Crippen molar-refractivity contribution in [3.05, 3.63) is 21.0 Å². The summed E-state index contributed by atoms with van der Waals surface area (Å²) < 4.78 is 2.41. The topological polar surface area (TPSA) is 50.2 Å². The fourth-order valence-electron chi connectivity index (χ4n) is 3.01. The molecule has 0 amide bonds. The fourth-order valence-corrected chi connectivity index (χ4v) is 3.38. The SMILES string of the molecule is CN1CCC(Nc2c(Br)cnn(CC3CCC3)c2=O)CC1. The molecule has 1 aliphatic heterocycles. The van der Waals surface area contributed by atoms with Gasteiger partial charge in [0.2, 0.25) is 0 Å². The number of likely N-dealkylation sites (tertiary alicyclic amines) is 1. The van der Waals surface area contributed by atoms with E-state index in [1.807, 2.05) is 0 Å². The molecule has 1 N–H and O–H groups in total. The molecule has 0 spiro atoms. The molecule has 3 rings (SSSR count). The number of piperidine rings is 1. The van der Waals surface area contributed by atoms with Gasteiger partial charge in [0.05, 0.1) is 10.7 Å². The fraction of sp³-hybridized carbons (Fsp3) is 0.733. The van der Waals surface area contributed by atoms with E-state index in [0.29, 0.717) is 17.6 Å². The lowest BCUT2D eigenvalue weighted by molar-refractivity contribution is 0.260. The van der Waals surface area contributed by atoms with Crippen LogP contribution in [0.15, 0.2) is 15.5 Å². The molecule has 1 aromatic heterocycles. The minimum atomic E-state index is 0.00945. The van der Waals surface area contributed by atoms with E-state index in [1.54, 1.807) is 10.9 Å². The van der Waals surface area contributed by atoms with Crippen molar-refractivity contribution in [2.75, 3.05) is 25.5 Å². The Hall–Kier alpha value is -0.880. The predicted octanol–water partition coefficient (Wildman–Crippen LogP) is 2.31. The largest absolute Gasteiger partial charge is 0.377 e. The van der Waals surface area contributed by atoms with E-state index >= 15 is 0 Å². The Bertz CT molecular complexity index is 547. The highest BCUT2D eigenvalue weighted by atomic mass is 79.9. The van der Waals surface area contributed by atoms with Crippen LogP contribution in [0.1, 0.15) is 32.1 Å². The highest BCUT2D eigenvalue weighted by Crippen LogP contribution is 2.27. The molecule has 2 fully saturated rings. The van der Waals surface area contributed by atoms with Crippen molar-refractivity contribution in [3.8, 4) is 0 Å². The van der Waals surface area contributed by atoms with Crippen LogP contribution in [0.4, 0.5) is 5.69 Å². The molecular weight excluding hydrogens is 332 g/mol. The summed E-state index contributed by atoms with van der Waals surface area (Å²) in [6.45, 7) is 2.92. The summed E-state index contributed by atoms with van der Waals surface area (Å²) in [4.78, 5) is 14.9. The Morgan fingerprint density at radius 1 is 1.33 bits per heavy atom. The molecule has 0 bridgehead atoms. The van der Waals surface area contributed by atoms with Crippen LogP contribution >= 0.6 is 15.9 Å². The Morgan fingerprint density at radius 2 is 2.05 bits per heavy atom. The van der Waals surface area contributed by atoms with Crippen LogP contribution in [-0.4, -0.2) is 40.9 Å². The van der Waals surface area contributed by atoms with Gasteiger partial charge in [-0.25, -0.2) is 4.68 Å². The number of rotatable bonds is 4. The van der Waals surface area contributed by atoms with E-state index in [4.69, 9.17) is 0 Å². The molecule has 0 aromatic carbocycles. The van der Waals surface area contributed by atoms with Gasteiger partial charge in [0, 0.05) is 12.6 Å². The Balaban J connectivity index is 1.73. The highest BCUT2D eigenvalue weighted by molar-refractivity contribution is 9.10. The van der Waals surface area contributed by atoms with Gasteiger partial charge in [-0.3, -0.25) is 4.79 Å². The summed E-state index contributed by atoms with van der Waals surface area (Å²) >= 11 is 3.47. The lowest BCUT2D eigenvalue weighted by Crippen LogP contribution is -2.39. The third kappa shape index (κ3) is 3.48. The van der Waals surface area contributed by atoms with Crippen molar-refractivity contribution in [1.82, 2.24) is 14.7 Å². The van der Waals surface area contributed by atoms with Crippen LogP contribution in [0.3, 0.4) is 0 Å². The monoisotopic (exact) mass is 354 g/mol. The van der Waals surface area contributed by atoms with Crippen molar-refractivity contribution >= 4 is 21.6 Å². The maximum absolute atomic E-state index is 12.6. The number of anilines is 1. The van der Waals surface area contributed by atoms with Gasteiger partial charge in [-0.2, -0.15) is 5.10 Å². The summed E-state index contributed by atoms with van der Waals surface area (Å²) in [5, 5.41) is 7.72. The third-order valence-corrected chi connectivity index (χ3v) is 5.32. The van der Waals surface area contributed by atoms with E-state index in [-0.39, 0.29) is 5.56 Å². The standard InChI is InChI=1S/C15H23BrN4O/c1-19-7-5-12(6-8-19)18-14-13(16)9-17-20(15(14)21)10-11-3-2-4-11/h9,11-12,18H,2-8,10H2,1H3. The van der Waals surface area contributed by atoms with Crippen LogP contribution in [-0.2, 0) is 6.54 Å². The van der Waals surface area contributed by atoms with Gasteiger partial charge in [-0.1, -0.05) is 6.42 Å². The molecule has 0 unspecified atom stereocenters. The second-order valence-corrected chi connectivity index (χ2v) is 7.23. The molecule has 1 aromatic rings. The van der Waals surface area contributed by atoms with Crippen LogP contribution in [0.2, 0.25) is 0 Å². The van der Waals surface area contributed by atoms with Crippen molar-refractivity contribution in [2.24, 2.45) is 5.92 Å². The van der Waals surface area contributed by atoms with E-state index in [2.05, 4.69) is 38.3 Å². The lowest BCUT2D eigenvalue weighted by atomic mass is 9.85. The van der Waals surface area contributed by atoms with Gasteiger partial charge in [-0.15, -0.1) is 0 Å². The quantitative estimate of drug-likeness (QED) is 0.901. The average molecular weight is 355 g/mol. The summed E-state index contributed by atoms with van der Waals surface area (Å²) in [5.74, 6) is 0.632. The average Bonchev–Trinajstić information content (AvgIpc) is 2.43. The molecule has 1 saturated heterocycles. The highest BCUT2D eigenvalue weighted by Gasteiger charge is 2.22. The summed E-state index contributed by atoms with van der Waals surface area (Å²) in [7, 11) is 2.14. The van der Waals surface area contributed by atoms with Crippen LogP contribution < -0.4 is 10.9 Å². The third-order valence-electron chi connectivity index (χ3n) is 4.72. The first-order valence-electron chi connectivity index (χ1n) is 7.84. The zero-order chi connectivity index (χ0) is 14.8. The van der Waals surface area contributed by atoms with Gasteiger partial charge in [0.1, 0.15) is 5.69 Å². The van der Waals surface area contributed by atoms with Crippen molar-refractivity contribution < 1.29 is 0 Å². The molecule has 116 valence electrons. The Morgan fingerprint density at radius 3 is 2.67 bits per heavy atom. The number of nitrogens with one attached hydrogen (secondary N) is 1. The first kappa shape index (κ1) is 15.0. The number of halogens is 1. The molecule has 5 nitrogen and oxygen atoms in total. The first-order valence-corrected chi connectivity index (χ1v) is 8.63. The number of nitrogens with zero attached hydrogens (tertiary/aromatic N) is 3. The molecule has 1 saturated carbocycles. The molecule has 0 atom stereocenters. The molecule has 0 radical (unpaired) electrons. The van der Waals surface area contributed by atoms with Crippen LogP contribution in [0, 0.1) is 5.92 Å². The number of aromatic nitrogens is 2. The second-order valence-electron chi connectivity index (χ2n) is 6.37. The van der Waals surface area contributed by atoms with Crippen molar-refractivity contribution in [3.63, 3.8) is 0 Å². The van der Waals surface area contributed by atoms with Gasteiger partial charge in [0.25, 0.3) is 5.56 Å². The summed E-state index contributed by atoms with van der Waals surface area (Å²) in [5.41, 5.74) is 0.689. The molecule has 1 aliphatic carbocycles. The normalized spacial score (nSPS) is 21.2. The maximum atomic E-state index is 12.6. The lowest BCUT2D eigenvalue weighted by Gasteiger charge is -2.30. The smallest absolute Gasteiger partial charge is 0.291 e. The minimum Gasteiger partial charge on any atom is -0.377 e. The predicted molar refractivity (Wildman–Crippen MR) is 87.7 cm³/mol. The van der Waals surface area contributed by atoms with E-state index in [0.717, 1.165) is 36.9 Å². The van der Waals surface area contributed by atoms with Gasteiger partial charge in [-0.05, 0) is 67.7 Å². The van der Waals surface area contributed by atoms with Crippen molar-refractivity contribution in [2.45, 2.75) is 44.7 Å². The molecular formula is C15H23BrN4O. The molecule has 2 heterocycles. The second kappa shape index (κ2) is 6.48. The van der Waals surface area contributed by atoms with Gasteiger partial charge >= 0.3 is 0 Å². The van der Waals surface area contributed by atoms with E-state index in [1.165, 1.54) is 19.3 Å². The maximum Gasteiger partial charge on any atom is 0.291 e. The van der Waals surface area contributed by atoms with Gasteiger partial charge in [0.15, 0.2) is 0 Å². The molecule has 2 aliphatic rings. The minimum absolute atomic E-state index is 0.00945. The van der Waals surface area contributed by atoms with Crippen LogP contribution in [0.25, 0.3) is 0 Å². The van der Waals surface area contributed by atoms with Crippen LogP contribution in [0.5, 0.6) is 0 Å². The molecule has 21 heavy (non-hydrogen) atoms. The van der Waals surface area contributed by atoms with E-state index < -0.39 is 0 Å². The Labute approximate surface area is 133 Å². The van der Waals surface area contributed by atoms with Crippen molar-refractivity contribution in [1.29, 1.82) is 0 Å². The first-order chi connectivity index (χ1) is 10.1. The number of hydrogen-bond donors (Lipinski definition) is 1. The van der Waals surface area contributed by atoms with Gasteiger partial charge < -0.3 is 10.2 Å². The summed E-state index contributed by atoms with van der Waals surface area (Å²) in [6.07, 6.45) is 7.64. The summed E-state index contributed by atoms with van der Waals surface area (Å²) in [6, 6.07) is 0.379. The Kier molecular flexibility index (Phi) is 4.64. The zero-order valence-electron chi connectivity index (χ0n) is 12.5. The number of hydrogen-bond acceptors (Lipinski definition) is 4.